The van der Waals surface area contributed by atoms with E-state index in [-0.39, 0.29) is 0 Å². The van der Waals surface area contributed by atoms with Crippen molar-refractivity contribution in [3.63, 3.8) is 0 Å². The number of aliphatic carboxylic acids is 1. The second kappa shape index (κ2) is 6.01. The number of carbonyl (C=O) groups is 2. The summed E-state index contributed by atoms with van der Waals surface area (Å²) in [6.45, 7) is 0. The largest absolute Gasteiger partial charge is 0.478 e. The fraction of sp³-hybridized carbons (Fsp3) is 0.455. The molecule has 0 aromatic carbocycles. The van der Waals surface area contributed by atoms with E-state index in [0.717, 1.165) is 44.3 Å². The van der Waals surface area contributed by atoms with Crippen molar-refractivity contribution in [2.45, 2.75) is 32.1 Å². The molecule has 82 valence electrons. The van der Waals surface area contributed by atoms with E-state index in [0.29, 0.717) is 5.76 Å². The lowest BCUT2D eigenvalue weighted by Crippen LogP contribution is -2.01. The Balaban J connectivity index is 2.42. The Labute approximate surface area is 88.2 Å². The normalized spacial score (nSPS) is 16.9. The van der Waals surface area contributed by atoms with Crippen LogP contribution in [0.2, 0.25) is 0 Å². The van der Waals surface area contributed by atoms with E-state index in [9.17, 15) is 9.59 Å². The molecular formula is C11H14O4. The van der Waals surface area contributed by atoms with Gasteiger partial charge in [0.25, 0.3) is 0 Å². The third kappa shape index (κ3) is 5.00. The van der Waals surface area contributed by atoms with Crippen molar-refractivity contribution in [3.05, 3.63) is 24.0 Å². The first-order chi connectivity index (χ1) is 7.18. The van der Waals surface area contributed by atoms with Crippen molar-refractivity contribution < 1.29 is 19.4 Å². The molecule has 0 atom stereocenters. The summed E-state index contributed by atoms with van der Waals surface area (Å²) < 4.78 is 4.99. The van der Waals surface area contributed by atoms with Gasteiger partial charge in [-0.25, -0.2) is 9.59 Å². The minimum absolute atomic E-state index is 0.620. The molecule has 1 rings (SSSR count). The molecule has 0 spiro atoms. The maximum atomic E-state index is 11.1. The number of allylic oxidation sites excluding steroid dienone is 2. The van der Waals surface area contributed by atoms with Crippen LogP contribution in [0.25, 0.3) is 0 Å². The van der Waals surface area contributed by atoms with Gasteiger partial charge in [0.15, 0.2) is 0 Å². The first kappa shape index (κ1) is 11.5. The van der Waals surface area contributed by atoms with Gasteiger partial charge in [-0.2, -0.15) is 0 Å². The van der Waals surface area contributed by atoms with Crippen LogP contribution in [0.3, 0.4) is 0 Å². The number of hydrogen-bond donors (Lipinski definition) is 1. The molecule has 1 N–H and O–H groups in total. The Hall–Kier alpha value is -1.58. The second-order valence-corrected chi connectivity index (χ2v) is 3.36. The van der Waals surface area contributed by atoms with E-state index in [1.807, 2.05) is 6.08 Å². The summed E-state index contributed by atoms with van der Waals surface area (Å²) in [6, 6.07) is 0. The minimum Gasteiger partial charge on any atom is -0.478 e. The van der Waals surface area contributed by atoms with E-state index in [1.54, 1.807) is 0 Å². The van der Waals surface area contributed by atoms with E-state index < -0.39 is 11.9 Å². The molecule has 0 fully saturated rings. The predicted molar refractivity (Wildman–Crippen MR) is 54.0 cm³/mol. The molecule has 15 heavy (non-hydrogen) atoms. The maximum absolute atomic E-state index is 11.1. The van der Waals surface area contributed by atoms with E-state index in [4.69, 9.17) is 9.84 Å². The molecule has 1 aliphatic carbocycles. The standard InChI is InChI=1S/C11H14O4/c12-10(13)7-8-11(14)15-9-5-3-1-2-4-6-9/h5,7-8H,1-4,6H2,(H,12,13). The van der Waals surface area contributed by atoms with E-state index >= 15 is 0 Å². The van der Waals surface area contributed by atoms with Gasteiger partial charge in [-0.3, -0.25) is 0 Å². The van der Waals surface area contributed by atoms with Crippen LogP contribution in [0.4, 0.5) is 0 Å². The van der Waals surface area contributed by atoms with Crippen molar-refractivity contribution in [1.29, 1.82) is 0 Å². The van der Waals surface area contributed by atoms with Crippen molar-refractivity contribution in [2.24, 2.45) is 0 Å². The summed E-state index contributed by atoms with van der Waals surface area (Å²) >= 11 is 0. The quantitative estimate of drug-likeness (QED) is 0.571. The third-order valence-corrected chi connectivity index (χ3v) is 2.09. The van der Waals surface area contributed by atoms with Crippen LogP contribution in [-0.2, 0) is 14.3 Å². The predicted octanol–water partition coefficient (Wildman–Crippen LogP) is 2.02. The SMILES string of the molecule is O=C(O)C=CC(=O)OC1=CCCCCC1. The van der Waals surface area contributed by atoms with E-state index in [2.05, 4.69) is 0 Å². The summed E-state index contributed by atoms with van der Waals surface area (Å²) in [5, 5.41) is 8.30. The summed E-state index contributed by atoms with van der Waals surface area (Å²) in [7, 11) is 0. The highest BCUT2D eigenvalue weighted by atomic mass is 16.5. The molecule has 0 saturated carbocycles. The zero-order valence-corrected chi connectivity index (χ0v) is 8.44. The average molecular weight is 210 g/mol. The number of carboxylic acids is 1. The number of esters is 1. The monoisotopic (exact) mass is 210 g/mol. The summed E-state index contributed by atoms with van der Waals surface area (Å²) in [6.07, 6.45) is 8.56. The van der Waals surface area contributed by atoms with Crippen LogP contribution in [-0.4, -0.2) is 17.0 Å². The Bertz CT molecular complexity index is 302. The van der Waals surface area contributed by atoms with Gasteiger partial charge in [0.2, 0.25) is 0 Å². The Morgan fingerprint density at radius 2 is 2.07 bits per heavy atom. The first-order valence-corrected chi connectivity index (χ1v) is 5.00. The van der Waals surface area contributed by atoms with Gasteiger partial charge < -0.3 is 9.84 Å². The highest BCUT2D eigenvalue weighted by molar-refractivity contribution is 5.91. The number of carboxylic acid groups (broad SMARTS) is 1. The lowest BCUT2D eigenvalue weighted by atomic mass is 10.2. The number of ether oxygens (including phenoxy) is 1. The smallest absolute Gasteiger partial charge is 0.336 e. The molecule has 1 aliphatic rings. The summed E-state index contributed by atoms with van der Waals surface area (Å²) in [4.78, 5) is 21.3. The van der Waals surface area contributed by atoms with Crippen LogP contribution in [0, 0.1) is 0 Å². The zero-order chi connectivity index (χ0) is 11.1. The molecule has 0 heterocycles. The fourth-order valence-corrected chi connectivity index (χ4v) is 1.38. The van der Waals surface area contributed by atoms with Crippen molar-refractivity contribution in [3.8, 4) is 0 Å². The van der Waals surface area contributed by atoms with Crippen molar-refractivity contribution in [2.75, 3.05) is 0 Å². The van der Waals surface area contributed by atoms with Gasteiger partial charge >= 0.3 is 11.9 Å². The molecule has 0 amide bonds. The van der Waals surface area contributed by atoms with Crippen LogP contribution < -0.4 is 0 Å². The molecule has 0 aromatic heterocycles. The fourth-order valence-electron chi connectivity index (χ4n) is 1.38. The van der Waals surface area contributed by atoms with Gasteiger partial charge in [-0.15, -0.1) is 0 Å². The van der Waals surface area contributed by atoms with Gasteiger partial charge in [0.1, 0.15) is 5.76 Å². The van der Waals surface area contributed by atoms with Crippen LogP contribution >= 0.6 is 0 Å². The van der Waals surface area contributed by atoms with Crippen LogP contribution in [0.15, 0.2) is 24.0 Å². The highest BCUT2D eigenvalue weighted by Crippen LogP contribution is 2.18. The minimum atomic E-state index is -1.15. The second-order valence-electron chi connectivity index (χ2n) is 3.36. The molecule has 0 unspecified atom stereocenters. The average Bonchev–Trinajstić information content (AvgIpc) is 2.43. The lowest BCUT2D eigenvalue weighted by molar-refractivity contribution is -0.135. The Morgan fingerprint density at radius 1 is 1.27 bits per heavy atom. The molecule has 0 aliphatic heterocycles. The van der Waals surface area contributed by atoms with Crippen molar-refractivity contribution >= 4 is 11.9 Å². The molecule has 4 nitrogen and oxygen atoms in total. The molecule has 0 radical (unpaired) electrons. The zero-order valence-electron chi connectivity index (χ0n) is 8.44. The number of hydrogen-bond acceptors (Lipinski definition) is 3. The molecule has 0 aromatic rings. The van der Waals surface area contributed by atoms with Gasteiger partial charge in [-0.1, -0.05) is 6.42 Å². The molecular weight excluding hydrogens is 196 g/mol. The van der Waals surface area contributed by atoms with Gasteiger partial charge in [0, 0.05) is 18.6 Å². The number of rotatable bonds is 3. The number of carbonyl (C=O) groups excluding carboxylic acids is 1. The molecule has 0 saturated heterocycles. The molecule has 4 heteroatoms. The van der Waals surface area contributed by atoms with Crippen LogP contribution in [0.1, 0.15) is 32.1 Å². The summed E-state index contributed by atoms with van der Waals surface area (Å²) in [5.41, 5.74) is 0. The molecule has 0 bridgehead atoms. The third-order valence-electron chi connectivity index (χ3n) is 2.09. The van der Waals surface area contributed by atoms with Crippen LogP contribution in [0.5, 0.6) is 0 Å². The van der Waals surface area contributed by atoms with Crippen molar-refractivity contribution in [1.82, 2.24) is 0 Å². The Kier molecular flexibility index (Phi) is 4.60. The highest BCUT2D eigenvalue weighted by Gasteiger charge is 2.07. The topological polar surface area (TPSA) is 63.6 Å². The van der Waals surface area contributed by atoms with Gasteiger partial charge in [-0.05, 0) is 25.3 Å². The first-order valence-electron chi connectivity index (χ1n) is 5.00. The van der Waals surface area contributed by atoms with Gasteiger partial charge in [0.05, 0.1) is 0 Å². The summed E-state index contributed by atoms with van der Waals surface area (Å²) in [5.74, 6) is -1.11. The maximum Gasteiger partial charge on any atom is 0.336 e. The lowest BCUT2D eigenvalue weighted by Gasteiger charge is -2.03. The Morgan fingerprint density at radius 3 is 2.80 bits per heavy atom. The van der Waals surface area contributed by atoms with E-state index in [1.165, 1.54) is 0 Å².